The summed E-state index contributed by atoms with van der Waals surface area (Å²) >= 11 is 0. The zero-order chi connectivity index (χ0) is 8.48. The lowest BCUT2D eigenvalue weighted by Gasteiger charge is -2.34. The SMILES string of the molecule is CC(C)(O)[C@H]1CC[C@@H](N)CC1.Cl. The van der Waals surface area contributed by atoms with Gasteiger partial charge < -0.3 is 10.8 Å². The molecule has 0 aliphatic heterocycles. The van der Waals surface area contributed by atoms with Crippen LogP contribution in [0.4, 0.5) is 0 Å². The van der Waals surface area contributed by atoms with E-state index in [2.05, 4.69) is 0 Å². The average Bonchev–Trinajstić information content (AvgIpc) is 1.86. The molecule has 2 nitrogen and oxygen atoms in total. The minimum Gasteiger partial charge on any atom is -0.390 e. The molecule has 3 N–H and O–H groups in total. The normalized spacial score (nSPS) is 31.0. The second-order valence-corrected chi connectivity index (χ2v) is 4.27. The molecule has 1 rings (SSSR count). The molecule has 0 spiro atoms. The van der Waals surface area contributed by atoms with Gasteiger partial charge in [-0.3, -0.25) is 0 Å². The van der Waals surface area contributed by atoms with Gasteiger partial charge in [-0.2, -0.15) is 0 Å². The molecule has 0 aromatic carbocycles. The van der Waals surface area contributed by atoms with Gasteiger partial charge in [0, 0.05) is 6.04 Å². The predicted molar refractivity (Wildman–Crippen MR) is 53.5 cm³/mol. The van der Waals surface area contributed by atoms with Crippen LogP contribution < -0.4 is 5.73 Å². The lowest BCUT2D eigenvalue weighted by Crippen LogP contribution is -2.37. The summed E-state index contributed by atoms with van der Waals surface area (Å²) in [7, 11) is 0. The summed E-state index contributed by atoms with van der Waals surface area (Å²) in [5, 5.41) is 9.69. The Balaban J connectivity index is 0.00000121. The second-order valence-electron chi connectivity index (χ2n) is 4.27. The van der Waals surface area contributed by atoms with Crippen molar-refractivity contribution in [2.75, 3.05) is 0 Å². The van der Waals surface area contributed by atoms with Crippen molar-refractivity contribution in [3.8, 4) is 0 Å². The monoisotopic (exact) mass is 193 g/mol. The first-order chi connectivity index (χ1) is 5.00. The Labute approximate surface area is 80.9 Å². The van der Waals surface area contributed by atoms with Crippen LogP contribution in [0.1, 0.15) is 39.5 Å². The van der Waals surface area contributed by atoms with Crippen molar-refractivity contribution in [1.29, 1.82) is 0 Å². The van der Waals surface area contributed by atoms with Gasteiger partial charge in [-0.25, -0.2) is 0 Å². The fourth-order valence-corrected chi connectivity index (χ4v) is 1.83. The number of hydrogen-bond donors (Lipinski definition) is 2. The van der Waals surface area contributed by atoms with Crippen LogP contribution >= 0.6 is 12.4 Å². The fraction of sp³-hybridized carbons (Fsp3) is 1.00. The van der Waals surface area contributed by atoms with Gasteiger partial charge in [0.25, 0.3) is 0 Å². The van der Waals surface area contributed by atoms with Crippen molar-refractivity contribution in [1.82, 2.24) is 0 Å². The second kappa shape index (κ2) is 4.45. The van der Waals surface area contributed by atoms with Crippen molar-refractivity contribution in [2.45, 2.75) is 51.2 Å². The Morgan fingerprint density at radius 3 is 1.92 bits per heavy atom. The molecule has 1 aliphatic rings. The molecule has 0 heterocycles. The minimum atomic E-state index is -0.500. The number of nitrogens with two attached hydrogens (primary N) is 1. The zero-order valence-electron chi connectivity index (χ0n) is 7.92. The maximum absolute atomic E-state index is 9.69. The summed E-state index contributed by atoms with van der Waals surface area (Å²) in [5.74, 6) is 0.460. The van der Waals surface area contributed by atoms with Crippen LogP contribution in [0.5, 0.6) is 0 Å². The molecule has 1 saturated carbocycles. The van der Waals surface area contributed by atoms with E-state index in [1.165, 1.54) is 0 Å². The van der Waals surface area contributed by atoms with Crippen molar-refractivity contribution < 1.29 is 5.11 Å². The van der Waals surface area contributed by atoms with Crippen molar-refractivity contribution >= 4 is 12.4 Å². The number of halogens is 1. The van der Waals surface area contributed by atoms with E-state index >= 15 is 0 Å². The molecule has 1 aliphatic carbocycles. The lowest BCUT2D eigenvalue weighted by atomic mass is 9.77. The smallest absolute Gasteiger partial charge is 0.0619 e. The summed E-state index contributed by atoms with van der Waals surface area (Å²) in [6.45, 7) is 3.79. The Bertz CT molecular complexity index is 125. The first-order valence-electron chi connectivity index (χ1n) is 4.48. The molecule has 0 unspecified atom stereocenters. The Hall–Kier alpha value is 0.210. The Morgan fingerprint density at radius 2 is 1.58 bits per heavy atom. The van der Waals surface area contributed by atoms with Crippen LogP contribution in [0.2, 0.25) is 0 Å². The Kier molecular flexibility index (Phi) is 4.53. The third-order valence-electron chi connectivity index (χ3n) is 2.77. The van der Waals surface area contributed by atoms with Crippen molar-refractivity contribution in [3.63, 3.8) is 0 Å². The number of rotatable bonds is 1. The summed E-state index contributed by atoms with van der Waals surface area (Å²) in [4.78, 5) is 0. The van der Waals surface area contributed by atoms with Gasteiger partial charge in [-0.05, 0) is 45.4 Å². The average molecular weight is 194 g/mol. The highest BCUT2D eigenvalue weighted by molar-refractivity contribution is 5.85. The van der Waals surface area contributed by atoms with Crippen molar-refractivity contribution in [2.24, 2.45) is 11.7 Å². The minimum absolute atomic E-state index is 0. The predicted octanol–water partition coefficient (Wildman–Crippen LogP) is 1.70. The third-order valence-corrected chi connectivity index (χ3v) is 2.77. The highest BCUT2D eigenvalue weighted by Crippen LogP contribution is 2.31. The highest BCUT2D eigenvalue weighted by atomic mass is 35.5. The van der Waals surface area contributed by atoms with E-state index in [0.717, 1.165) is 25.7 Å². The molecule has 74 valence electrons. The topological polar surface area (TPSA) is 46.2 Å². The standard InChI is InChI=1S/C9H19NO.ClH/c1-9(2,11)7-3-5-8(10)6-4-7;/h7-8,11H,3-6,10H2,1-2H3;1H/t7-,8+;. The molecule has 0 aromatic heterocycles. The van der Waals surface area contributed by atoms with Gasteiger partial charge in [-0.1, -0.05) is 0 Å². The molecular formula is C9H20ClNO. The molecule has 0 aromatic rings. The molecule has 0 amide bonds. The maximum Gasteiger partial charge on any atom is 0.0619 e. The zero-order valence-corrected chi connectivity index (χ0v) is 8.73. The van der Waals surface area contributed by atoms with Gasteiger partial charge in [0.15, 0.2) is 0 Å². The molecule has 0 atom stereocenters. The van der Waals surface area contributed by atoms with Crippen LogP contribution in [-0.2, 0) is 0 Å². The summed E-state index contributed by atoms with van der Waals surface area (Å²) < 4.78 is 0. The molecule has 0 radical (unpaired) electrons. The van der Waals surface area contributed by atoms with Crippen molar-refractivity contribution in [3.05, 3.63) is 0 Å². The lowest BCUT2D eigenvalue weighted by molar-refractivity contribution is -0.00116. The van der Waals surface area contributed by atoms with E-state index in [1.54, 1.807) is 0 Å². The molecule has 3 heteroatoms. The van der Waals surface area contributed by atoms with E-state index in [4.69, 9.17) is 5.73 Å². The first kappa shape index (κ1) is 12.2. The van der Waals surface area contributed by atoms with Gasteiger partial charge in [0.1, 0.15) is 0 Å². The van der Waals surface area contributed by atoms with E-state index in [9.17, 15) is 5.11 Å². The summed E-state index contributed by atoms with van der Waals surface area (Å²) in [5.41, 5.74) is 5.26. The highest BCUT2D eigenvalue weighted by Gasteiger charge is 2.29. The molecule has 1 fully saturated rings. The quantitative estimate of drug-likeness (QED) is 0.666. The van der Waals surface area contributed by atoms with Gasteiger partial charge in [0.05, 0.1) is 5.60 Å². The van der Waals surface area contributed by atoms with Crippen LogP contribution in [0.3, 0.4) is 0 Å². The summed E-state index contributed by atoms with van der Waals surface area (Å²) in [6, 6.07) is 0.383. The van der Waals surface area contributed by atoms with Gasteiger partial charge in [-0.15, -0.1) is 12.4 Å². The van der Waals surface area contributed by atoms with E-state index in [-0.39, 0.29) is 12.4 Å². The first-order valence-corrected chi connectivity index (χ1v) is 4.48. The van der Waals surface area contributed by atoms with E-state index in [1.807, 2.05) is 13.8 Å². The molecule has 12 heavy (non-hydrogen) atoms. The van der Waals surface area contributed by atoms with Crippen LogP contribution in [0.15, 0.2) is 0 Å². The number of aliphatic hydroxyl groups is 1. The van der Waals surface area contributed by atoms with Gasteiger partial charge in [0.2, 0.25) is 0 Å². The van der Waals surface area contributed by atoms with Crippen LogP contribution in [0, 0.1) is 5.92 Å². The van der Waals surface area contributed by atoms with Crippen LogP contribution in [-0.4, -0.2) is 16.7 Å². The fourth-order valence-electron chi connectivity index (χ4n) is 1.83. The molecule has 0 saturated heterocycles. The molecule has 0 bridgehead atoms. The molecular weight excluding hydrogens is 174 g/mol. The maximum atomic E-state index is 9.69. The largest absolute Gasteiger partial charge is 0.390 e. The summed E-state index contributed by atoms with van der Waals surface area (Å²) in [6.07, 6.45) is 4.33. The van der Waals surface area contributed by atoms with E-state index < -0.39 is 5.60 Å². The number of hydrogen-bond acceptors (Lipinski definition) is 2. The third kappa shape index (κ3) is 3.30. The van der Waals surface area contributed by atoms with E-state index in [0.29, 0.717) is 12.0 Å². The van der Waals surface area contributed by atoms with Gasteiger partial charge >= 0.3 is 0 Å². The Morgan fingerprint density at radius 1 is 1.17 bits per heavy atom. The van der Waals surface area contributed by atoms with Crippen LogP contribution in [0.25, 0.3) is 0 Å².